The largest absolute Gasteiger partial charge is 0.493 e. The summed E-state index contributed by atoms with van der Waals surface area (Å²) in [4.78, 5) is 8.65. The van der Waals surface area contributed by atoms with E-state index in [-0.39, 0.29) is 0 Å². The molecule has 2 aromatic carbocycles. The molecule has 0 atom stereocenters. The van der Waals surface area contributed by atoms with E-state index in [0.717, 1.165) is 35.4 Å². The molecule has 0 bridgehead atoms. The molecular weight excluding hydrogens is 304 g/mol. The highest BCUT2D eigenvalue weighted by molar-refractivity contribution is 5.91. The van der Waals surface area contributed by atoms with Gasteiger partial charge in [-0.25, -0.2) is 9.97 Å². The standard InChI is InChI=1S/C18H20N4O2/c1-23-16-9-14-15(10-17(16)24-2)21-11-22-18(14)20-8-7-12-3-5-13(19)6-4-12/h3-6,9-11H,7-8,19H2,1-2H3,(H,20,21,22). The highest BCUT2D eigenvalue weighted by Gasteiger charge is 2.10. The van der Waals surface area contributed by atoms with Gasteiger partial charge in [0, 0.05) is 23.7 Å². The fourth-order valence-electron chi connectivity index (χ4n) is 2.53. The summed E-state index contributed by atoms with van der Waals surface area (Å²) in [5.74, 6) is 2.08. The number of anilines is 2. The number of fused-ring (bicyclic) bond motifs is 1. The molecule has 24 heavy (non-hydrogen) atoms. The minimum atomic E-state index is 0.650. The predicted molar refractivity (Wildman–Crippen MR) is 95.7 cm³/mol. The number of nitrogen functional groups attached to an aromatic ring is 1. The van der Waals surface area contributed by atoms with Crippen molar-refractivity contribution in [1.82, 2.24) is 9.97 Å². The van der Waals surface area contributed by atoms with Crippen molar-refractivity contribution < 1.29 is 9.47 Å². The monoisotopic (exact) mass is 324 g/mol. The Morgan fingerprint density at radius 3 is 2.42 bits per heavy atom. The van der Waals surface area contributed by atoms with Gasteiger partial charge in [-0.1, -0.05) is 12.1 Å². The average molecular weight is 324 g/mol. The van der Waals surface area contributed by atoms with E-state index < -0.39 is 0 Å². The Bertz CT molecular complexity index is 834. The molecule has 0 spiro atoms. The van der Waals surface area contributed by atoms with Gasteiger partial charge in [0.25, 0.3) is 0 Å². The molecule has 0 aliphatic heterocycles. The van der Waals surface area contributed by atoms with Crippen molar-refractivity contribution in [3.63, 3.8) is 0 Å². The molecule has 6 nitrogen and oxygen atoms in total. The topological polar surface area (TPSA) is 82.3 Å². The first-order valence-electron chi connectivity index (χ1n) is 7.66. The van der Waals surface area contributed by atoms with E-state index in [1.807, 2.05) is 36.4 Å². The van der Waals surface area contributed by atoms with Gasteiger partial charge in [-0.05, 0) is 30.2 Å². The van der Waals surface area contributed by atoms with Gasteiger partial charge in [0.05, 0.1) is 19.7 Å². The zero-order valence-corrected chi connectivity index (χ0v) is 13.7. The van der Waals surface area contributed by atoms with Gasteiger partial charge in [0.2, 0.25) is 0 Å². The Morgan fingerprint density at radius 2 is 1.71 bits per heavy atom. The van der Waals surface area contributed by atoms with Crippen molar-refractivity contribution in [2.24, 2.45) is 0 Å². The third-order valence-corrected chi connectivity index (χ3v) is 3.83. The first-order valence-corrected chi connectivity index (χ1v) is 7.66. The van der Waals surface area contributed by atoms with Crippen LogP contribution in [0.2, 0.25) is 0 Å². The quantitative estimate of drug-likeness (QED) is 0.679. The molecule has 1 heterocycles. The Kier molecular flexibility index (Phi) is 4.65. The Morgan fingerprint density at radius 1 is 1.00 bits per heavy atom. The number of methoxy groups -OCH3 is 2. The lowest BCUT2D eigenvalue weighted by Gasteiger charge is -2.12. The van der Waals surface area contributed by atoms with E-state index >= 15 is 0 Å². The number of benzene rings is 2. The molecule has 1 aromatic heterocycles. The van der Waals surface area contributed by atoms with Crippen molar-refractivity contribution in [2.75, 3.05) is 31.8 Å². The predicted octanol–water partition coefficient (Wildman–Crippen LogP) is 2.88. The van der Waals surface area contributed by atoms with Gasteiger partial charge in [-0.3, -0.25) is 0 Å². The normalized spacial score (nSPS) is 10.6. The van der Waals surface area contributed by atoms with Crippen LogP contribution in [0.4, 0.5) is 11.5 Å². The molecule has 0 aliphatic rings. The SMILES string of the molecule is COc1cc2ncnc(NCCc3ccc(N)cc3)c2cc1OC. The van der Waals surface area contributed by atoms with E-state index in [1.165, 1.54) is 5.56 Å². The first-order chi connectivity index (χ1) is 11.7. The summed E-state index contributed by atoms with van der Waals surface area (Å²) in [6.45, 7) is 0.754. The van der Waals surface area contributed by atoms with Crippen LogP contribution in [-0.2, 0) is 6.42 Å². The van der Waals surface area contributed by atoms with Crippen molar-refractivity contribution in [3.05, 3.63) is 48.3 Å². The van der Waals surface area contributed by atoms with Crippen LogP contribution >= 0.6 is 0 Å². The zero-order chi connectivity index (χ0) is 16.9. The maximum absolute atomic E-state index is 5.70. The van der Waals surface area contributed by atoms with Crippen LogP contribution in [0.15, 0.2) is 42.7 Å². The Balaban J connectivity index is 1.80. The number of nitrogens with one attached hydrogen (secondary N) is 1. The van der Waals surface area contributed by atoms with Gasteiger partial charge in [0.15, 0.2) is 11.5 Å². The highest BCUT2D eigenvalue weighted by Crippen LogP contribution is 2.33. The maximum Gasteiger partial charge on any atom is 0.162 e. The first kappa shape index (κ1) is 15.9. The molecular formula is C18H20N4O2. The minimum Gasteiger partial charge on any atom is -0.493 e. The lowest BCUT2D eigenvalue weighted by Crippen LogP contribution is -2.07. The number of hydrogen-bond acceptors (Lipinski definition) is 6. The second-order valence-corrected chi connectivity index (χ2v) is 5.36. The number of ether oxygens (including phenoxy) is 2. The summed E-state index contributed by atoms with van der Waals surface area (Å²) in [7, 11) is 3.22. The molecule has 0 saturated carbocycles. The molecule has 6 heteroatoms. The summed E-state index contributed by atoms with van der Waals surface area (Å²) >= 11 is 0. The number of nitrogens with zero attached hydrogens (tertiary/aromatic N) is 2. The second-order valence-electron chi connectivity index (χ2n) is 5.36. The minimum absolute atomic E-state index is 0.650. The van der Waals surface area contributed by atoms with E-state index in [9.17, 15) is 0 Å². The van der Waals surface area contributed by atoms with Crippen LogP contribution in [-0.4, -0.2) is 30.7 Å². The van der Waals surface area contributed by atoms with Crippen molar-refractivity contribution in [3.8, 4) is 11.5 Å². The number of nitrogens with two attached hydrogens (primary N) is 1. The molecule has 0 fully saturated rings. The molecule has 3 N–H and O–H groups in total. The lowest BCUT2D eigenvalue weighted by atomic mass is 10.1. The number of hydrogen-bond donors (Lipinski definition) is 2. The van der Waals surface area contributed by atoms with E-state index in [4.69, 9.17) is 15.2 Å². The lowest BCUT2D eigenvalue weighted by molar-refractivity contribution is 0.356. The third-order valence-electron chi connectivity index (χ3n) is 3.83. The fraction of sp³-hybridized carbons (Fsp3) is 0.222. The molecule has 3 rings (SSSR count). The van der Waals surface area contributed by atoms with Crippen LogP contribution in [0.3, 0.4) is 0 Å². The molecule has 0 amide bonds. The van der Waals surface area contributed by atoms with Gasteiger partial charge in [-0.2, -0.15) is 0 Å². The van der Waals surface area contributed by atoms with Crippen molar-refractivity contribution in [2.45, 2.75) is 6.42 Å². The molecule has 0 saturated heterocycles. The van der Waals surface area contributed by atoms with E-state index in [2.05, 4.69) is 15.3 Å². The molecule has 0 aliphatic carbocycles. The summed E-state index contributed by atoms with van der Waals surface area (Å²) in [6, 6.07) is 11.6. The summed E-state index contributed by atoms with van der Waals surface area (Å²) in [5.41, 5.74) is 8.50. The van der Waals surface area contributed by atoms with Gasteiger partial charge < -0.3 is 20.5 Å². The van der Waals surface area contributed by atoms with Crippen LogP contribution in [0.25, 0.3) is 10.9 Å². The Labute approximate surface area is 140 Å². The van der Waals surface area contributed by atoms with Gasteiger partial charge >= 0.3 is 0 Å². The van der Waals surface area contributed by atoms with Crippen LogP contribution < -0.4 is 20.5 Å². The number of aromatic nitrogens is 2. The van der Waals surface area contributed by atoms with Crippen LogP contribution in [0.5, 0.6) is 11.5 Å². The fourth-order valence-corrected chi connectivity index (χ4v) is 2.53. The summed E-state index contributed by atoms with van der Waals surface area (Å²) in [5, 5.41) is 4.26. The highest BCUT2D eigenvalue weighted by atomic mass is 16.5. The van der Waals surface area contributed by atoms with Crippen LogP contribution in [0.1, 0.15) is 5.56 Å². The van der Waals surface area contributed by atoms with Gasteiger partial charge in [-0.15, -0.1) is 0 Å². The van der Waals surface area contributed by atoms with Gasteiger partial charge in [0.1, 0.15) is 12.1 Å². The Hall–Kier alpha value is -3.02. The summed E-state index contributed by atoms with van der Waals surface area (Å²) < 4.78 is 10.7. The van der Waals surface area contributed by atoms with E-state index in [1.54, 1.807) is 20.5 Å². The molecule has 0 radical (unpaired) electrons. The molecule has 124 valence electrons. The van der Waals surface area contributed by atoms with Crippen molar-refractivity contribution >= 4 is 22.4 Å². The molecule has 3 aromatic rings. The third kappa shape index (κ3) is 3.32. The second kappa shape index (κ2) is 7.04. The average Bonchev–Trinajstić information content (AvgIpc) is 2.62. The van der Waals surface area contributed by atoms with Crippen molar-refractivity contribution in [1.29, 1.82) is 0 Å². The zero-order valence-electron chi connectivity index (χ0n) is 13.7. The van der Waals surface area contributed by atoms with E-state index in [0.29, 0.717) is 11.5 Å². The smallest absolute Gasteiger partial charge is 0.162 e. The maximum atomic E-state index is 5.70. The number of rotatable bonds is 6. The summed E-state index contributed by atoms with van der Waals surface area (Å²) in [6.07, 6.45) is 2.42. The van der Waals surface area contributed by atoms with Crippen LogP contribution in [0, 0.1) is 0 Å². The molecule has 0 unspecified atom stereocenters.